The summed E-state index contributed by atoms with van der Waals surface area (Å²) in [5.74, 6) is 0.0208. The Labute approximate surface area is 182 Å². The zero-order chi connectivity index (χ0) is 20.9. The SMILES string of the molecule is Cc1cc(C2CCOCC2)c(C(=O)Nc2nnc(OCc3ccc(Cl)cn3)s2)cn1. The summed E-state index contributed by atoms with van der Waals surface area (Å²) >= 11 is 6.98. The van der Waals surface area contributed by atoms with E-state index in [4.69, 9.17) is 21.1 Å². The van der Waals surface area contributed by atoms with Crippen LogP contribution in [-0.2, 0) is 11.3 Å². The molecule has 3 aromatic heterocycles. The van der Waals surface area contributed by atoms with E-state index in [2.05, 4.69) is 25.5 Å². The first kappa shape index (κ1) is 20.6. The van der Waals surface area contributed by atoms with Gasteiger partial charge in [-0.15, -0.1) is 5.10 Å². The van der Waals surface area contributed by atoms with Gasteiger partial charge in [0, 0.05) is 31.3 Å². The summed E-state index contributed by atoms with van der Waals surface area (Å²) in [4.78, 5) is 21.4. The predicted molar refractivity (Wildman–Crippen MR) is 113 cm³/mol. The molecule has 0 bridgehead atoms. The van der Waals surface area contributed by atoms with Gasteiger partial charge in [-0.05, 0) is 60.8 Å². The average molecular weight is 446 g/mol. The molecule has 0 radical (unpaired) electrons. The summed E-state index contributed by atoms with van der Waals surface area (Å²) in [5.41, 5.74) is 3.15. The van der Waals surface area contributed by atoms with Crippen LogP contribution in [0.5, 0.6) is 5.19 Å². The number of halogens is 1. The first-order valence-electron chi connectivity index (χ1n) is 9.51. The second-order valence-corrected chi connectivity index (χ2v) is 8.26. The van der Waals surface area contributed by atoms with Crippen molar-refractivity contribution < 1.29 is 14.3 Å². The molecule has 4 rings (SSSR count). The number of pyridine rings is 2. The van der Waals surface area contributed by atoms with Crippen molar-refractivity contribution in [1.82, 2.24) is 20.2 Å². The molecule has 1 aliphatic heterocycles. The van der Waals surface area contributed by atoms with Crippen molar-refractivity contribution in [3.8, 4) is 5.19 Å². The van der Waals surface area contributed by atoms with Crippen molar-refractivity contribution in [2.75, 3.05) is 18.5 Å². The third-order valence-electron chi connectivity index (χ3n) is 4.74. The van der Waals surface area contributed by atoms with Gasteiger partial charge in [0.15, 0.2) is 0 Å². The van der Waals surface area contributed by atoms with Crippen molar-refractivity contribution >= 4 is 34.0 Å². The summed E-state index contributed by atoms with van der Waals surface area (Å²) in [5, 5.41) is 12.0. The normalized spacial score (nSPS) is 14.5. The van der Waals surface area contributed by atoms with Crippen molar-refractivity contribution in [2.24, 2.45) is 0 Å². The van der Waals surface area contributed by atoms with Crippen LogP contribution in [0.25, 0.3) is 0 Å². The van der Waals surface area contributed by atoms with Gasteiger partial charge in [0.25, 0.3) is 11.1 Å². The molecule has 0 aliphatic carbocycles. The summed E-state index contributed by atoms with van der Waals surface area (Å²) in [6.07, 6.45) is 4.95. The van der Waals surface area contributed by atoms with E-state index in [1.165, 1.54) is 0 Å². The van der Waals surface area contributed by atoms with Gasteiger partial charge in [-0.1, -0.05) is 16.7 Å². The van der Waals surface area contributed by atoms with E-state index in [-0.39, 0.29) is 18.4 Å². The maximum Gasteiger partial charge on any atom is 0.296 e. The van der Waals surface area contributed by atoms with Crippen molar-refractivity contribution in [2.45, 2.75) is 32.3 Å². The number of aryl methyl sites for hydroxylation is 1. The lowest BCUT2D eigenvalue weighted by molar-refractivity contribution is 0.0846. The molecule has 1 aliphatic rings. The number of nitrogens with one attached hydrogen (secondary N) is 1. The number of nitrogens with zero attached hydrogens (tertiary/aromatic N) is 4. The lowest BCUT2D eigenvalue weighted by Gasteiger charge is -2.24. The molecule has 0 atom stereocenters. The maximum absolute atomic E-state index is 12.9. The Hall–Kier alpha value is -2.62. The molecule has 4 heterocycles. The van der Waals surface area contributed by atoms with Crippen LogP contribution in [0, 0.1) is 6.92 Å². The minimum absolute atomic E-state index is 0.232. The lowest BCUT2D eigenvalue weighted by Crippen LogP contribution is -2.20. The van der Waals surface area contributed by atoms with E-state index in [1.54, 1.807) is 24.5 Å². The van der Waals surface area contributed by atoms with E-state index >= 15 is 0 Å². The van der Waals surface area contributed by atoms with Crippen molar-refractivity contribution in [3.05, 3.63) is 58.1 Å². The molecule has 8 nitrogen and oxygen atoms in total. The minimum atomic E-state index is -0.258. The summed E-state index contributed by atoms with van der Waals surface area (Å²) in [7, 11) is 0. The molecular weight excluding hydrogens is 426 g/mol. The molecule has 10 heteroatoms. The standard InChI is InChI=1S/C20H20ClN5O3S/c1-12-8-16(13-4-6-28-7-5-13)17(10-22-12)18(27)24-19-25-26-20(30-19)29-11-15-3-2-14(21)9-23-15/h2-3,8-10,13H,4-7,11H2,1H3,(H,24,25,27). The van der Waals surface area contributed by atoms with Crippen molar-refractivity contribution in [1.29, 1.82) is 0 Å². The van der Waals surface area contributed by atoms with Gasteiger partial charge >= 0.3 is 0 Å². The number of aromatic nitrogens is 4. The first-order valence-corrected chi connectivity index (χ1v) is 10.7. The highest BCUT2D eigenvalue weighted by Gasteiger charge is 2.23. The van der Waals surface area contributed by atoms with E-state index in [0.29, 0.717) is 39.8 Å². The van der Waals surface area contributed by atoms with Crippen LogP contribution in [0.1, 0.15) is 46.1 Å². The van der Waals surface area contributed by atoms with Gasteiger partial charge in [-0.3, -0.25) is 20.1 Å². The topological polar surface area (TPSA) is 99.1 Å². The van der Waals surface area contributed by atoms with Crippen LogP contribution in [-0.4, -0.2) is 39.3 Å². The largest absolute Gasteiger partial charge is 0.462 e. The molecule has 0 unspecified atom stereocenters. The lowest BCUT2D eigenvalue weighted by atomic mass is 9.88. The second kappa shape index (κ2) is 9.46. The van der Waals surface area contributed by atoms with E-state index < -0.39 is 0 Å². The third-order valence-corrected chi connectivity index (χ3v) is 5.71. The Bertz CT molecular complexity index is 1020. The minimum Gasteiger partial charge on any atom is -0.462 e. The van der Waals surface area contributed by atoms with Crippen LogP contribution in [0.2, 0.25) is 5.02 Å². The van der Waals surface area contributed by atoms with Crippen LogP contribution >= 0.6 is 22.9 Å². The predicted octanol–water partition coefficient (Wildman–Crippen LogP) is 4.02. The van der Waals surface area contributed by atoms with Crippen LogP contribution < -0.4 is 10.1 Å². The van der Waals surface area contributed by atoms with Crippen LogP contribution in [0.15, 0.2) is 30.6 Å². The molecule has 0 spiro atoms. The number of carbonyl (C=O) groups excluding carboxylic acids is 1. The fraction of sp³-hybridized carbons (Fsp3) is 0.350. The Balaban J connectivity index is 1.42. The molecule has 1 saturated heterocycles. The van der Waals surface area contributed by atoms with Crippen LogP contribution in [0.4, 0.5) is 5.13 Å². The monoisotopic (exact) mass is 445 g/mol. The number of hydrogen-bond donors (Lipinski definition) is 1. The number of ether oxygens (including phenoxy) is 2. The zero-order valence-electron chi connectivity index (χ0n) is 16.3. The average Bonchev–Trinajstić information content (AvgIpc) is 3.21. The van der Waals surface area contributed by atoms with Gasteiger partial charge in [0.2, 0.25) is 5.13 Å². The maximum atomic E-state index is 12.9. The smallest absolute Gasteiger partial charge is 0.296 e. The fourth-order valence-corrected chi connectivity index (χ4v) is 3.93. The summed E-state index contributed by atoms with van der Waals surface area (Å²) in [6.45, 7) is 3.56. The Kier molecular flexibility index (Phi) is 6.51. The molecule has 3 aromatic rings. The summed E-state index contributed by atoms with van der Waals surface area (Å²) < 4.78 is 11.0. The molecule has 0 saturated carbocycles. The number of anilines is 1. The van der Waals surface area contributed by atoms with E-state index in [9.17, 15) is 4.79 Å². The molecule has 1 fully saturated rings. The van der Waals surface area contributed by atoms with Crippen LogP contribution in [0.3, 0.4) is 0 Å². The summed E-state index contributed by atoms with van der Waals surface area (Å²) in [6, 6.07) is 5.50. The quantitative estimate of drug-likeness (QED) is 0.611. The Morgan fingerprint density at radius 3 is 2.87 bits per heavy atom. The fourth-order valence-electron chi connectivity index (χ4n) is 3.23. The Morgan fingerprint density at radius 2 is 2.10 bits per heavy atom. The highest BCUT2D eigenvalue weighted by molar-refractivity contribution is 7.17. The molecular formula is C20H20ClN5O3S. The highest BCUT2D eigenvalue weighted by Crippen LogP contribution is 2.31. The zero-order valence-corrected chi connectivity index (χ0v) is 17.9. The Morgan fingerprint density at radius 1 is 1.27 bits per heavy atom. The van der Waals surface area contributed by atoms with Gasteiger partial charge in [-0.2, -0.15) is 0 Å². The van der Waals surface area contributed by atoms with Gasteiger partial charge in [0.1, 0.15) is 6.61 Å². The molecule has 1 N–H and O–H groups in total. The number of rotatable bonds is 6. The molecule has 1 amide bonds. The first-order chi connectivity index (χ1) is 14.6. The number of carbonyl (C=O) groups is 1. The van der Waals surface area contributed by atoms with Gasteiger partial charge < -0.3 is 9.47 Å². The molecule has 156 valence electrons. The van der Waals surface area contributed by atoms with Crippen molar-refractivity contribution in [3.63, 3.8) is 0 Å². The molecule has 30 heavy (non-hydrogen) atoms. The van der Waals surface area contributed by atoms with Gasteiger partial charge in [0.05, 0.1) is 16.3 Å². The molecule has 0 aromatic carbocycles. The highest BCUT2D eigenvalue weighted by atomic mass is 35.5. The van der Waals surface area contributed by atoms with E-state index in [1.807, 2.05) is 13.0 Å². The van der Waals surface area contributed by atoms with Gasteiger partial charge in [-0.25, -0.2) is 0 Å². The number of hydrogen-bond acceptors (Lipinski definition) is 8. The second-order valence-electron chi connectivity index (χ2n) is 6.88. The number of amides is 1. The third kappa shape index (κ3) is 5.10. The van der Waals surface area contributed by atoms with E-state index in [0.717, 1.165) is 35.4 Å².